The van der Waals surface area contributed by atoms with E-state index in [1.54, 1.807) is 4.90 Å². The second-order valence-electron chi connectivity index (χ2n) is 5.56. The first-order chi connectivity index (χ1) is 10.0. The van der Waals surface area contributed by atoms with E-state index in [4.69, 9.17) is 5.11 Å². The lowest BCUT2D eigenvalue weighted by molar-refractivity contribution is -0.165. The van der Waals surface area contributed by atoms with Crippen LogP contribution in [-0.2, 0) is 16.0 Å². The van der Waals surface area contributed by atoms with Gasteiger partial charge in [0.1, 0.15) is 0 Å². The smallest absolute Gasteiger partial charge is 0.335 e. The molecule has 1 heterocycles. The van der Waals surface area contributed by atoms with Gasteiger partial charge in [0, 0.05) is 32.4 Å². The van der Waals surface area contributed by atoms with E-state index in [2.05, 4.69) is 0 Å². The van der Waals surface area contributed by atoms with E-state index < -0.39 is 11.6 Å². The number of carbonyl (C=O) groups is 2. The van der Waals surface area contributed by atoms with E-state index in [0.29, 0.717) is 19.5 Å². The zero-order valence-electron chi connectivity index (χ0n) is 12.0. The third kappa shape index (κ3) is 4.04. The van der Waals surface area contributed by atoms with Crippen molar-refractivity contribution in [2.45, 2.75) is 37.7 Å². The van der Waals surface area contributed by atoms with E-state index in [-0.39, 0.29) is 18.7 Å². The molecule has 1 fully saturated rings. The second kappa shape index (κ2) is 6.72. The summed E-state index contributed by atoms with van der Waals surface area (Å²) in [5.74, 6) is -1.16. The molecule has 0 radical (unpaired) electrons. The highest BCUT2D eigenvalue weighted by molar-refractivity contribution is 5.79. The average molecular weight is 291 g/mol. The van der Waals surface area contributed by atoms with Crippen molar-refractivity contribution in [2.75, 3.05) is 13.1 Å². The Labute approximate surface area is 124 Å². The van der Waals surface area contributed by atoms with Crippen LogP contribution in [0.1, 0.15) is 31.2 Å². The number of carbonyl (C=O) groups excluding carboxylic acids is 1. The number of nitrogens with zero attached hydrogens (tertiary/aromatic N) is 1. The summed E-state index contributed by atoms with van der Waals surface area (Å²) in [5.41, 5.74) is -0.454. The standard InChI is InChI=1S/C16H21NO4/c18-14(8-4-7-13-5-2-1-3-6-13)17-11-9-16(21,10-12-17)15(19)20/h1-3,5-6,21H,4,7-12H2,(H,19,20). The van der Waals surface area contributed by atoms with Crippen LogP contribution in [0.15, 0.2) is 30.3 Å². The fraction of sp³-hybridized carbons (Fsp3) is 0.500. The Morgan fingerprint density at radius 2 is 1.76 bits per heavy atom. The molecule has 5 nitrogen and oxygen atoms in total. The fourth-order valence-electron chi connectivity index (χ4n) is 2.59. The Bertz CT molecular complexity index is 492. The summed E-state index contributed by atoms with van der Waals surface area (Å²) in [6.45, 7) is 0.625. The number of benzene rings is 1. The number of piperidine rings is 1. The summed E-state index contributed by atoms with van der Waals surface area (Å²) < 4.78 is 0. The zero-order valence-corrected chi connectivity index (χ0v) is 12.0. The molecule has 0 aliphatic carbocycles. The number of aliphatic hydroxyl groups is 1. The summed E-state index contributed by atoms with van der Waals surface area (Å²) in [6, 6.07) is 10.0. The highest BCUT2D eigenvalue weighted by Gasteiger charge is 2.40. The van der Waals surface area contributed by atoms with Crippen LogP contribution in [0.2, 0.25) is 0 Å². The highest BCUT2D eigenvalue weighted by Crippen LogP contribution is 2.23. The molecule has 1 aliphatic rings. The molecule has 1 aromatic carbocycles. The minimum absolute atomic E-state index is 0.0402. The number of carboxylic acids is 1. The van der Waals surface area contributed by atoms with Crippen LogP contribution in [0, 0.1) is 0 Å². The number of rotatable bonds is 5. The van der Waals surface area contributed by atoms with Crippen molar-refractivity contribution in [1.29, 1.82) is 0 Å². The van der Waals surface area contributed by atoms with Gasteiger partial charge in [-0.2, -0.15) is 0 Å². The monoisotopic (exact) mass is 291 g/mol. The maximum absolute atomic E-state index is 12.1. The van der Waals surface area contributed by atoms with Gasteiger partial charge in [0.05, 0.1) is 0 Å². The number of hydrogen-bond acceptors (Lipinski definition) is 3. The lowest BCUT2D eigenvalue weighted by Gasteiger charge is -2.35. The number of hydrogen-bond donors (Lipinski definition) is 2. The van der Waals surface area contributed by atoms with Gasteiger partial charge in [-0.05, 0) is 18.4 Å². The van der Waals surface area contributed by atoms with Crippen LogP contribution in [0.25, 0.3) is 0 Å². The van der Waals surface area contributed by atoms with E-state index >= 15 is 0 Å². The van der Waals surface area contributed by atoms with Crippen molar-refractivity contribution >= 4 is 11.9 Å². The van der Waals surface area contributed by atoms with Crippen molar-refractivity contribution < 1.29 is 19.8 Å². The molecule has 2 N–H and O–H groups in total. The number of aryl methyl sites for hydroxylation is 1. The molecule has 0 atom stereocenters. The van der Waals surface area contributed by atoms with Crippen molar-refractivity contribution in [3.8, 4) is 0 Å². The molecule has 2 rings (SSSR count). The lowest BCUT2D eigenvalue weighted by Crippen LogP contribution is -2.50. The first-order valence-corrected chi connectivity index (χ1v) is 7.29. The van der Waals surface area contributed by atoms with Gasteiger partial charge in [-0.15, -0.1) is 0 Å². The topological polar surface area (TPSA) is 77.8 Å². The van der Waals surface area contributed by atoms with Crippen LogP contribution in [0.4, 0.5) is 0 Å². The molecule has 0 saturated carbocycles. The molecule has 1 aromatic rings. The van der Waals surface area contributed by atoms with Gasteiger partial charge in [-0.1, -0.05) is 30.3 Å². The van der Waals surface area contributed by atoms with E-state index in [1.807, 2.05) is 30.3 Å². The van der Waals surface area contributed by atoms with Crippen LogP contribution >= 0.6 is 0 Å². The molecule has 0 bridgehead atoms. The molecule has 5 heteroatoms. The predicted octanol–water partition coefficient (Wildman–Crippen LogP) is 1.45. The van der Waals surface area contributed by atoms with Crippen molar-refractivity contribution in [1.82, 2.24) is 4.90 Å². The van der Waals surface area contributed by atoms with Gasteiger partial charge in [-0.3, -0.25) is 4.79 Å². The van der Waals surface area contributed by atoms with Crippen LogP contribution in [0.5, 0.6) is 0 Å². The Morgan fingerprint density at radius 3 is 2.33 bits per heavy atom. The normalized spacial score (nSPS) is 17.5. The minimum atomic E-state index is -1.67. The molecular weight excluding hydrogens is 270 g/mol. The van der Waals surface area contributed by atoms with Gasteiger partial charge in [0.25, 0.3) is 0 Å². The molecule has 21 heavy (non-hydrogen) atoms. The number of carboxylic acid groups (broad SMARTS) is 1. The number of likely N-dealkylation sites (tertiary alicyclic amines) is 1. The summed E-state index contributed by atoms with van der Waals surface area (Å²) in [4.78, 5) is 24.6. The SMILES string of the molecule is O=C(CCCc1ccccc1)N1CCC(O)(C(=O)O)CC1. The first-order valence-electron chi connectivity index (χ1n) is 7.29. The summed E-state index contributed by atoms with van der Waals surface area (Å²) in [6.07, 6.45) is 2.31. The maximum atomic E-state index is 12.1. The first kappa shape index (κ1) is 15.5. The third-order valence-corrected chi connectivity index (χ3v) is 4.04. The van der Waals surface area contributed by atoms with Gasteiger partial charge < -0.3 is 15.1 Å². The van der Waals surface area contributed by atoms with Crippen LogP contribution < -0.4 is 0 Å². The van der Waals surface area contributed by atoms with Gasteiger partial charge in [0.2, 0.25) is 5.91 Å². The molecule has 0 spiro atoms. The molecule has 1 amide bonds. The van der Waals surface area contributed by atoms with Crippen molar-refractivity contribution in [2.24, 2.45) is 0 Å². The van der Waals surface area contributed by atoms with Gasteiger partial charge in [0.15, 0.2) is 5.60 Å². The van der Waals surface area contributed by atoms with E-state index in [9.17, 15) is 14.7 Å². The summed E-state index contributed by atoms with van der Waals surface area (Å²) in [5, 5.41) is 18.8. The summed E-state index contributed by atoms with van der Waals surface area (Å²) >= 11 is 0. The molecule has 1 saturated heterocycles. The molecule has 114 valence electrons. The quantitative estimate of drug-likeness (QED) is 0.860. The summed E-state index contributed by atoms with van der Waals surface area (Å²) in [7, 11) is 0. The highest BCUT2D eigenvalue weighted by atomic mass is 16.4. The number of aliphatic carboxylic acids is 1. The fourth-order valence-corrected chi connectivity index (χ4v) is 2.59. The Kier molecular flexibility index (Phi) is 4.96. The minimum Gasteiger partial charge on any atom is -0.479 e. The molecular formula is C16H21NO4. The lowest BCUT2D eigenvalue weighted by atomic mass is 9.91. The molecule has 0 aromatic heterocycles. The predicted molar refractivity (Wildman–Crippen MR) is 77.8 cm³/mol. The average Bonchev–Trinajstić information content (AvgIpc) is 2.49. The zero-order chi connectivity index (χ0) is 15.3. The number of amides is 1. The third-order valence-electron chi connectivity index (χ3n) is 4.04. The second-order valence-corrected chi connectivity index (χ2v) is 5.56. The van der Waals surface area contributed by atoms with E-state index in [1.165, 1.54) is 5.56 Å². The Hall–Kier alpha value is -1.88. The van der Waals surface area contributed by atoms with Crippen molar-refractivity contribution in [3.63, 3.8) is 0 Å². The molecule has 0 unspecified atom stereocenters. The van der Waals surface area contributed by atoms with Crippen LogP contribution in [-0.4, -0.2) is 45.7 Å². The molecule has 1 aliphatic heterocycles. The maximum Gasteiger partial charge on any atom is 0.335 e. The van der Waals surface area contributed by atoms with Gasteiger partial charge in [-0.25, -0.2) is 4.79 Å². The Balaban J connectivity index is 1.74. The largest absolute Gasteiger partial charge is 0.479 e. The van der Waals surface area contributed by atoms with Gasteiger partial charge >= 0.3 is 5.97 Å². The van der Waals surface area contributed by atoms with Crippen LogP contribution in [0.3, 0.4) is 0 Å². The Morgan fingerprint density at radius 1 is 1.14 bits per heavy atom. The van der Waals surface area contributed by atoms with Crippen molar-refractivity contribution in [3.05, 3.63) is 35.9 Å². The van der Waals surface area contributed by atoms with E-state index in [0.717, 1.165) is 12.8 Å².